The Balaban J connectivity index is 2.71. The van der Waals surface area contributed by atoms with E-state index in [0.717, 1.165) is 11.8 Å². The zero-order valence-electron chi connectivity index (χ0n) is 10.0. The summed E-state index contributed by atoms with van der Waals surface area (Å²) in [5.41, 5.74) is -0.994. The minimum absolute atomic E-state index is 0.0441. The van der Waals surface area contributed by atoms with Crippen molar-refractivity contribution in [2.75, 3.05) is 7.11 Å². The lowest BCUT2D eigenvalue weighted by atomic mass is 10.2. The second-order valence-corrected chi connectivity index (χ2v) is 4.46. The molecule has 0 spiro atoms. The number of benzene rings is 1. The van der Waals surface area contributed by atoms with Crippen LogP contribution in [0.15, 0.2) is 28.9 Å². The van der Waals surface area contributed by atoms with Crippen LogP contribution in [0.4, 0.5) is 10.1 Å². The molecule has 1 aromatic heterocycles. The molecular weight excluding hydrogens is 337 g/mol. The number of hydrogen-bond donors (Lipinski definition) is 0. The maximum atomic E-state index is 13.9. The van der Waals surface area contributed by atoms with E-state index >= 15 is 0 Å². The molecule has 2 aromatic rings. The molecule has 9 heteroatoms. The highest BCUT2D eigenvalue weighted by Crippen LogP contribution is 2.31. The molecule has 0 radical (unpaired) electrons. The molecule has 0 fully saturated rings. The van der Waals surface area contributed by atoms with Gasteiger partial charge in [-0.05, 0) is 34.1 Å². The van der Waals surface area contributed by atoms with E-state index in [1.54, 1.807) is 0 Å². The molecule has 0 aliphatic carbocycles. The summed E-state index contributed by atoms with van der Waals surface area (Å²) in [6.07, 6.45) is 1.26. The minimum Gasteiger partial charge on any atom is -0.464 e. The van der Waals surface area contributed by atoms with Crippen molar-refractivity contribution >= 4 is 27.6 Å². The summed E-state index contributed by atoms with van der Waals surface area (Å²) in [6.45, 7) is 0. The molecule has 0 atom stereocenters. The highest BCUT2D eigenvalue weighted by Gasteiger charge is 2.27. The van der Waals surface area contributed by atoms with Gasteiger partial charge in [-0.1, -0.05) is 0 Å². The van der Waals surface area contributed by atoms with Crippen LogP contribution in [0.2, 0.25) is 0 Å². The molecule has 0 amide bonds. The average molecular weight is 344 g/mol. The van der Waals surface area contributed by atoms with E-state index in [9.17, 15) is 19.3 Å². The quantitative estimate of drug-likeness (QED) is 0.485. The van der Waals surface area contributed by atoms with Crippen LogP contribution in [0.1, 0.15) is 10.5 Å². The van der Waals surface area contributed by atoms with Gasteiger partial charge in [0.1, 0.15) is 5.69 Å². The number of rotatable bonds is 3. The summed E-state index contributed by atoms with van der Waals surface area (Å²) in [4.78, 5) is 21.7. The fraction of sp³-hybridized carbons (Fsp3) is 0.0909. The van der Waals surface area contributed by atoms with Gasteiger partial charge in [0, 0.05) is 0 Å². The van der Waals surface area contributed by atoms with Crippen molar-refractivity contribution in [3.63, 3.8) is 0 Å². The largest absolute Gasteiger partial charge is 0.464 e. The molecule has 0 saturated heterocycles. The van der Waals surface area contributed by atoms with E-state index in [-0.39, 0.29) is 15.9 Å². The average Bonchev–Trinajstić information content (AvgIpc) is 2.89. The highest BCUT2D eigenvalue weighted by molar-refractivity contribution is 9.10. The number of carbonyl (C=O) groups is 1. The van der Waals surface area contributed by atoms with Crippen molar-refractivity contribution in [1.82, 2.24) is 9.78 Å². The van der Waals surface area contributed by atoms with Crippen LogP contribution in [-0.4, -0.2) is 27.8 Å². The molecule has 2 rings (SSSR count). The molecule has 20 heavy (non-hydrogen) atoms. The van der Waals surface area contributed by atoms with Gasteiger partial charge in [-0.2, -0.15) is 9.49 Å². The number of nitro groups is 1. The van der Waals surface area contributed by atoms with Crippen molar-refractivity contribution in [2.45, 2.75) is 0 Å². The van der Waals surface area contributed by atoms with Gasteiger partial charge in [-0.15, -0.1) is 0 Å². The predicted molar refractivity (Wildman–Crippen MR) is 69.2 cm³/mol. The number of hydrogen-bond acceptors (Lipinski definition) is 5. The number of aromatic nitrogens is 2. The van der Waals surface area contributed by atoms with E-state index < -0.39 is 22.4 Å². The zero-order valence-corrected chi connectivity index (χ0v) is 11.6. The van der Waals surface area contributed by atoms with Crippen molar-refractivity contribution < 1.29 is 18.8 Å². The Kier molecular flexibility index (Phi) is 3.79. The number of carbonyl (C=O) groups excluding carboxylic acids is 1. The summed E-state index contributed by atoms with van der Waals surface area (Å²) in [6, 6.07) is 3.89. The molecule has 104 valence electrons. The van der Waals surface area contributed by atoms with Crippen molar-refractivity contribution in [1.29, 1.82) is 0 Å². The van der Waals surface area contributed by atoms with Crippen LogP contribution in [0.3, 0.4) is 0 Å². The second kappa shape index (κ2) is 5.37. The third kappa shape index (κ3) is 2.27. The van der Waals surface area contributed by atoms with Crippen molar-refractivity contribution in [3.8, 4) is 5.69 Å². The molecule has 0 unspecified atom stereocenters. The van der Waals surface area contributed by atoms with Gasteiger partial charge >= 0.3 is 11.7 Å². The Morgan fingerprint density at radius 3 is 2.80 bits per heavy atom. The van der Waals surface area contributed by atoms with Crippen LogP contribution in [0, 0.1) is 15.9 Å². The summed E-state index contributed by atoms with van der Waals surface area (Å²) < 4.78 is 19.3. The minimum atomic E-state index is -1.04. The Bertz CT molecular complexity index is 701. The third-order valence-electron chi connectivity index (χ3n) is 2.50. The lowest BCUT2D eigenvalue weighted by molar-refractivity contribution is -0.387. The Morgan fingerprint density at radius 1 is 1.50 bits per heavy atom. The standard InChI is InChI=1S/C11H7BrFN3O4/c1-20-11(17)8-4-5-14-15(8)7-3-2-6(12)9(13)10(7)16(18)19/h2-5H,1H3. The van der Waals surface area contributed by atoms with Crippen LogP contribution >= 0.6 is 15.9 Å². The van der Waals surface area contributed by atoms with Gasteiger partial charge in [0.2, 0.25) is 5.82 Å². The lowest BCUT2D eigenvalue weighted by Gasteiger charge is -2.08. The fourth-order valence-electron chi connectivity index (χ4n) is 1.63. The van der Waals surface area contributed by atoms with Gasteiger partial charge in [-0.3, -0.25) is 10.1 Å². The molecule has 0 aliphatic rings. The number of ether oxygens (including phenoxy) is 1. The lowest BCUT2D eigenvalue weighted by Crippen LogP contribution is -2.12. The molecule has 0 N–H and O–H groups in total. The monoisotopic (exact) mass is 343 g/mol. The number of halogens is 2. The maximum Gasteiger partial charge on any atom is 0.356 e. The number of nitro benzene ring substituents is 1. The van der Waals surface area contributed by atoms with Crippen LogP contribution in [-0.2, 0) is 4.74 Å². The van der Waals surface area contributed by atoms with Crippen molar-refractivity contribution in [2.24, 2.45) is 0 Å². The Morgan fingerprint density at radius 2 is 2.20 bits per heavy atom. The molecule has 7 nitrogen and oxygen atoms in total. The summed E-state index contributed by atoms with van der Waals surface area (Å²) >= 11 is 2.87. The molecule has 1 heterocycles. The van der Waals surface area contributed by atoms with E-state index in [4.69, 9.17) is 0 Å². The number of nitrogens with zero attached hydrogens (tertiary/aromatic N) is 3. The van der Waals surface area contributed by atoms with Gasteiger partial charge in [0.25, 0.3) is 0 Å². The third-order valence-corrected chi connectivity index (χ3v) is 3.11. The van der Waals surface area contributed by atoms with Crippen LogP contribution < -0.4 is 0 Å². The van der Waals surface area contributed by atoms with Crippen LogP contribution in [0.5, 0.6) is 0 Å². The van der Waals surface area contributed by atoms with E-state index in [0.29, 0.717) is 0 Å². The Hall–Kier alpha value is -2.29. The topological polar surface area (TPSA) is 87.3 Å². The smallest absolute Gasteiger partial charge is 0.356 e. The molecular formula is C11H7BrFN3O4. The van der Waals surface area contributed by atoms with Gasteiger partial charge in [0.05, 0.1) is 22.7 Å². The van der Waals surface area contributed by atoms with Gasteiger partial charge < -0.3 is 4.74 Å². The number of esters is 1. The second-order valence-electron chi connectivity index (χ2n) is 3.61. The molecule has 0 saturated carbocycles. The number of methoxy groups -OCH3 is 1. The summed E-state index contributed by atoms with van der Waals surface area (Å²) in [7, 11) is 1.16. The van der Waals surface area contributed by atoms with Crippen molar-refractivity contribution in [3.05, 3.63) is 50.5 Å². The summed E-state index contributed by atoms with van der Waals surface area (Å²) in [5, 5.41) is 14.8. The van der Waals surface area contributed by atoms with E-state index in [1.807, 2.05) is 0 Å². The first-order chi connectivity index (χ1) is 9.47. The SMILES string of the molecule is COC(=O)c1ccnn1-c1ccc(Br)c(F)c1[N+](=O)[O-]. The van der Waals surface area contributed by atoms with Gasteiger partial charge in [0.15, 0.2) is 5.69 Å². The Labute approximate surface area is 120 Å². The van der Waals surface area contributed by atoms with Crippen LogP contribution in [0.25, 0.3) is 5.69 Å². The molecule has 0 aliphatic heterocycles. The molecule has 0 bridgehead atoms. The molecule has 1 aromatic carbocycles. The normalized spacial score (nSPS) is 10.3. The van der Waals surface area contributed by atoms with E-state index in [2.05, 4.69) is 25.8 Å². The predicted octanol–water partition coefficient (Wildman–Crippen LogP) is 2.47. The first kappa shape index (κ1) is 14.1. The zero-order chi connectivity index (χ0) is 14.9. The maximum absolute atomic E-state index is 13.9. The first-order valence-electron chi connectivity index (χ1n) is 5.22. The highest BCUT2D eigenvalue weighted by atomic mass is 79.9. The summed E-state index contributed by atoms with van der Waals surface area (Å²) in [5.74, 6) is -1.78. The fourth-order valence-corrected chi connectivity index (χ4v) is 1.95. The van der Waals surface area contributed by atoms with E-state index in [1.165, 1.54) is 24.4 Å². The first-order valence-corrected chi connectivity index (χ1v) is 6.01. The van der Waals surface area contributed by atoms with Gasteiger partial charge in [-0.25, -0.2) is 9.48 Å².